The van der Waals surface area contributed by atoms with Crippen molar-refractivity contribution >= 4 is 5.82 Å². The summed E-state index contributed by atoms with van der Waals surface area (Å²) in [7, 11) is 0. The Hall–Kier alpha value is -1.34. The number of aromatic nitrogens is 2. The zero-order valence-corrected chi connectivity index (χ0v) is 11.4. The molecule has 0 saturated carbocycles. The van der Waals surface area contributed by atoms with Crippen LogP contribution >= 0.6 is 0 Å². The number of aryl methyl sites for hydroxylation is 1. The van der Waals surface area contributed by atoms with Crippen molar-refractivity contribution in [2.45, 2.75) is 45.0 Å². The number of hydrogen-bond acceptors (Lipinski definition) is 5. The van der Waals surface area contributed by atoms with E-state index in [4.69, 9.17) is 10.6 Å². The van der Waals surface area contributed by atoms with E-state index in [2.05, 4.69) is 15.4 Å². The highest BCUT2D eigenvalue weighted by molar-refractivity contribution is 5.46. The molecule has 0 unspecified atom stereocenters. The predicted molar refractivity (Wildman–Crippen MR) is 71.6 cm³/mol. The average Bonchev–Trinajstić information content (AvgIpc) is 2.67. The highest BCUT2D eigenvalue weighted by Gasteiger charge is 2.16. The number of fused-ring (bicyclic) bond motifs is 1. The summed E-state index contributed by atoms with van der Waals surface area (Å²) in [5, 5.41) is 0. The Morgan fingerprint density at radius 3 is 2.75 bits per heavy atom. The molecule has 0 atom stereocenters. The van der Waals surface area contributed by atoms with Crippen LogP contribution in [0.2, 0.25) is 0 Å². The average molecular weight is 286 g/mol. The fourth-order valence-electron chi connectivity index (χ4n) is 2.39. The molecule has 0 fully saturated rings. The first-order valence-electron chi connectivity index (χ1n) is 6.92. The highest BCUT2D eigenvalue weighted by Crippen LogP contribution is 2.24. The molecule has 0 amide bonds. The molecule has 7 heteroatoms. The van der Waals surface area contributed by atoms with Gasteiger partial charge in [0.15, 0.2) is 0 Å². The first kappa shape index (κ1) is 15.1. The van der Waals surface area contributed by atoms with E-state index in [1.807, 2.05) is 0 Å². The first-order chi connectivity index (χ1) is 9.70. The van der Waals surface area contributed by atoms with Gasteiger partial charge in [-0.25, -0.2) is 24.6 Å². The van der Waals surface area contributed by atoms with Crippen LogP contribution in [0.25, 0.3) is 0 Å². The highest BCUT2D eigenvalue weighted by atomic mass is 19.3. The SMILES string of the molecule is NNc1nc(CCOCC(F)F)nc2c1CCCCC2. The zero-order chi connectivity index (χ0) is 14.4. The molecule has 1 heterocycles. The number of rotatable bonds is 6. The van der Waals surface area contributed by atoms with Gasteiger partial charge in [-0.05, 0) is 25.7 Å². The number of hydrogen-bond donors (Lipinski definition) is 2. The molecule has 112 valence electrons. The molecule has 0 spiro atoms. The summed E-state index contributed by atoms with van der Waals surface area (Å²) in [6.45, 7) is -0.361. The third kappa shape index (κ3) is 4.08. The van der Waals surface area contributed by atoms with E-state index in [1.54, 1.807) is 0 Å². The van der Waals surface area contributed by atoms with Crippen LogP contribution in [-0.2, 0) is 24.0 Å². The summed E-state index contributed by atoms with van der Waals surface area (Å²) in [5.74, 6) is 6.76. The molecule has 1 aliphatic rings. The Kier molecular flexibility index (Phi) is 5.60. The third-order valence-corrected chi connectivity index (χ3v) is 3.33. The van der Waals surface area contributed by atoms with Gasteiger partial charge in [0.2, 0.25) is 0 Å². The number of nitrogens with one attached hydrogen (secondary N) is 1. The van der Waals surface area contributed by atoms with Crippen molar-refractivity contribution in [3.63, 3.8) is 0 Å². The van der Waals surface area contributed by atoms with E-state index < -0.39 is 13.0 Å². The Labute approximate surface area is 116 Å². The van der Waals surface area contributed by atoms with Gasteiger partial charge in [0, 0.05) is 17.7 Å². The van der Waals surface area contributed by atoms with Crippen molar-refractivity contribution in [1.82, 2.24) is 9.97 Å². The van der Waals surface area contributed by atoms with Crippen LogP contribution in [0.5, 0.6) is 0 Å². The first-order valence-corrected chi connectivity index (χ1v) is 6.92. The number of nitrogens with two attached hydrogens (primary N) is 1. The summed E-state index contributed by atoms with van der Waals surface area (Å²) in [6.07, 6.45) is 3.21. The van der Waals surface area contributed by atoms with Crippen molar-refractivity contribution in [1.29, 1.82) is 0 Å². The van der Waals surface area contributed by atoms with Gasteiger partial charge >= 0.3 is 0 Å². The maximum Gasteiger partial charge on any atom is 0.261 e. The molecular formula is C13H20F2N4O. The standard InChI is InChI=1S/C13H20F2N4O/c14-11(15)8-20-7-6-12-17-10-5-3-1-2-4-9(10)13(18-12)19-16/h11H,1-8,16H2,(H,17,18,19). The Balaban J connectivity index is 2.04. The van der Waals surface area contributed by atoms with Gasteiger partial charge in [0.25, 0.3) is 6.43 Å². The van der Waals surface area contributed by atoms with Crippen molar-refractivity contribution in [3.8, 4) is 0 Å². The number of halogens is 2. The van der Waals surface area contributed by atoms with E-state index >= 15 is 0 Å². The minimum Gasteiger partial charge on any atom is -0.375 e. The van der Waals surface area contributed by atoms with Gasteiger partial charge < -0.3 is 10.2 Å². The predicted octanol–water partition coefficient (Wildman–Crippen LogP) is 1.86. The molecule has 20 heavy (non-hydrogen) atoms. The minimum absolute atomic E-state index is 0.188. The Morgan fingerprint density at radius 1 is 1.20 bits per heavy atom. The molecule has 2 rings (SSSR count). The van der Waals surface area contributed by atoms with E-state index in [0.29, 0.717) is 18.1 Å². The lowest BCUT2D eigenvalue weighted by molar-refractivity contribution is 0.0183. The maximum atomic E-state index is 12.0. The molecule has 0 aromatic carbocycles. The smallest absolute Gasteiger partial charge is 0.261 e. The molecule has 5 nitrogen and oxygen atoms in total. The topological polar surface area (TPSA) is 73.1 Å². The van der Waals surface area contributed by atoms with Crippen LogP contribution in [0.15, 0.2) is 0 Å². The molecule has 0 saturated heterocycles. The summed E-state index contributed by atoms with van der Waals surface area (Å²) < 4.78 is 28.8. The largest absolute Gasteiger partial charge is 0.375 e. The lowest BCUT2D eigenvalue weighted by atomic mass is 10.1. The number of nitrogens with zero attached hydrogens (tertiary/aromatic N) is 2. The van der Waals surface area contributed by atoms with Gasteiger partial charge in [-0.1, -0.05) is 6.42 Å². The van der Waals surface area contributed by atoms with Crippen molar-refractivity contribution < 1.29 is 13.5 Å². The molecule has 3 N–H and O–H groups in total. The quantitative estimate of drug-likeness (QED) is 0.361. The molecule has 1 aliphatic carbocycles. The molecule has 0 aliphatic heterocycles. The summed E-state index contributed by atoms with van der Waals surface area (Å²) >= 11 is 0. The van der Waals surface area contributed by atoms with Gasteiger partial charge in [0.05, 0.1) is 6.61 Å². The summed E-state index contributed by atoms with van der Waals surface area (Å²) in [6, 6.07) is 0. The summed E-state index contributed by atoms with van der Waals surface area (Å²) in [5.41, 5.74) is 4.73. The lowest BCUT2D eigenvalue weighted by Crippen LogP contribution is -2.16. The normalized spacial score (nSPS) is 15.0. The van der Waals surface area contributed by atoms with Gasteiger partial charge in [-0.2, -0.15) is 0 Å². The van der Waals surface area contributed by atoms with Gasteiger partial charge in [0.1, 0.15) is 18.2 Å². The second-order valence-corrected chi connectivity index (χ2v) is 4.83. The van der Waals surface area contributed by atoms with Crippen molar-refractivity contribution in [2.24, 2.45) is 5.84 Å². The Bertz CT molecular complexity index is 443. The third-order valence-electron chi connectivity index (χ3n) is 3.33. The van der Waals surface area contributed by atoms with E-state index in [-0.39, 0.29) is 6.61 Å². The molecular weight excluding hydrogens is 266 g/mol. The van der Waals surface area contributed by atoms with Crippen molar-refractivity contribution in [3.05, 3.63) is 17.1 Å². The molecule has 1 aromatic rings. The minimum atomic E-state index is -2.44. The maximum absolute atomic E-state index is 12.0. The summed E-state index contributed by atoms with van der Waals surface area (Å²) in [4.78, 5) is 8.87. The Morgan fingerprint density at radius 2 is 2.00 bits per heavy atom. The van der Waals surface area contributed by atoms with E-state index in [9.17, 15) is 8.78 Å². The number of alkyl halides is 2. The second kappa shape index (κ2) is 7.44. The van der Waals surface area contributed by atoms with Crippen LogP contribution < -0.4 is 11.3 Å². The van der Waals surface area contributed by atoms with E-state index in [1.165, 1.54) is 6.42 Å². The van der Waals surface area contributed by atoms with Crippen molar-refractivity contribution in [2.75, 3.05) is 18.6 Å². The van der Waals surface area contributed by atoms with Crippen LogP contribution in [0.3, 0.4) is 0 Å². The fourth-order valence-corrected chi connectivity index (χ4v) is 2.39. The number of nitrogen functional groups attached to an aromatic ring is 1. The number of hydrazine groups is 1. The van der Waals surface area contributed by atoms with E-state index in [0.717, 1.165) is 36.9 Å². The molecule has 0 radical (unpaired) electrons. The van der Waals surface area contributed by atoms with Crippen LogP contribution in [0.1, 0.15) is 36.3 Å². The van der Waals surface area contributed by atoms with Crippen LogP contribution in [0, 0.1) is 0 Å². The van der Waals surface area contributed by atoms with Gasteiger partial charge in [-0.3, -0.25) is 0 Å². The van der Waals surface area contributed by atoms with Gasteiger partial charge in [-0.15, -0.1) is 0 Å². The monoisotopic (exact) mass is 286 g/mol. The van der Waals surface area contributed by atoms with Crippen LogP contribution in [-0.4, -0.2) is 29.6 Å². The zero-order valence-electron chi connectivity index (χ0n) is 11.4. The molecule has 1 aromatic heterocycles. The number of anilines is 1. The molecule has 0 bridgehead atoms. The van der Waals surface area contributed by atoms with Crippen LogP contribution in [0.4, 0.5) is 14.6 Å². The lowest BCUT2D eigenvalue weighted by Gasteiger charge is -2.12. The second-order valence-electron chi connectivity index (χ2n) is 4.83. The fraction of sp³-hybridized carbons (Fsp3) is 0.692. The number of ether oxygens (including phenoxy) is 1.